The number of carbonyl (C=O) groups is 1. The molecule has 4 rings (SSSR count). The lowest BCUT2D eigenvalue weighted by Crippen LogP contribution is -2.50. The van der Waals surface area contributed by atoms with E-state index in [1.807, 2.05) is 38.1 Å². The lowest BCUT2D eigenvalue weighted by molar-refractivity contribution is -0.129. The average molecular weight is 627 g/mol. The Morgan fingerprint density at radius 3 is 2.48 bits per heavy atom. The molecule has 1 aliphatic rings. The number of nitrogens with zero attached hydrogens (tertiary/aromatic N) is 7. The van der Waals surface area contributed by atoms with Crippen molar-refractivity contribution < 1.29 is 24.1 Å². The fraction of sp³-hybridized carbons (Fsp3) is 0.394. The predicted molar refractivity (Wildman–Crippen MR) is 174 cm³/mol. The second kappa shape index (κ2) is 16.9. The maximum absolute atomic E-state index is 14.5. The Bertz CT molecular complexity index is 1600. The van der Waals surface area contributed by atoms with E-state index < -0.39 is 11.6 Å². The van der Waals surface area contributed by atoms with Crippen molar-refractivity contribution in [3.8, 4) is 5.75 Å². The molecule has 2 N–H and O–H groups in total. The zero-order valence-corrected chi connectivity index (χ0v) is 26.0. The molecule has 0 aromatic heterocycles. The van der Waals surface area contributed by atoms with Crippen LogP contribution in [-0.4, -0.2) is 54.9 Å². The fourth-order valence-electron chi connectivity index (χ4n) is 5.14. The van der Waals surface area contributed by atoms with Crippen molar-refractivity contribution in [3.05, 3.63) is 116 Å². The Labute approximate surface area is 267 Å². The first-order chi connectivity index (χ1) is 22.4. The van der Waals surface area contributed by atoms with Crippen LogP contribution in [-0.2, 0) is 27.2 Å². The van der Waals surface area contributed by atoms with Gasteiger partial charge >= 0.3 is 0 Å². The first-order valence-electron chi connectivity index (χ1n) is 15.1. The maximum Gasteiger partial charge on any atom is 0.252 e. The molecule has 3 aromatic carbocycles. The van der Waals surface area contributed by atoms with E-state index in [2.05, 4.69) is 25.4 Å². The van der Waals surface area contributed by atoms with Crippen LogP contribution >= 0.6 is 0 Å². The van der Waals surface area contributed by atoms with Gasteiger partial charge in [0.2, 0.25) is 5.90 Å². The number of hydrogen-bond acceptors (Lipinski definition) is 8. The van der Waals surface area contributed by atoms with Gasteiger partial charge in [0.05, 0.1) is 19.3 Å². The standard InChI is InChI=1S/C33H38N8O5/c1-23(2)44-19-7-17-36-32(43)33(21-25-9-3-4-10-26(25)22-37-40-34)30(28-11-5-6-12-29(28)39-41-35)46-31(38-33)24-13-15-27(16-14-24)45-20-8-18-42/h3-6,9-16,23,30,42H,7-8,17-22H2,1-2H3,(H,36,43)/t30-,33-/m1/s1. The molecule has 240 valence electrons. The maximum atomic E-state index is 14.5. The number of hydrogen-bond donors (Lipinski definition) is 2. The van der Waals surface area contributed by atoms with Crippen LogP contribution in [0.2, 0.25) is 0 Å². The van der Waals surface area contributed by atoms with Crippen molar-refractivity contribution in [1.29, 1.82) is 0 Å². The molecule has 13 heteroatoms. The van der Waals surface area contributed by atoms with Crippen LogP contribution in [0.25, 0.3) is 20.9 Å². The highest BCUT2D eigenvalue weighted by Gasteiger charge is 2.54. The van der Waals surface area contributed by atoms with E-state index in [0.29, 0.717) is 55.2 Å². The number of ether oxygens (including phenoxy) is 3. The van der Waals surface area contributed by atoms with Crippen molar-refractivity contribution in [2.75, 3.05) is 26.4 Å². The zero-order valence-electron chi connectivity index (χ0n) is 26.0. The van der Waals surface area contributed by atoms with Gasteiger partial charge in [-0.1, -0.05) is 58.8 Å². The number of aliphatic imine (C=N–C) groups is 1. The fourth-order valence-corrected chi connectivity index (χ4v) is 5.14. The molecule has 0 saturated carbocycles. The van der Waals surface area contributed by atoms with Gasteiger partial charge < -0.3 is 24.6 Å². The largest absolute Gasteiger partial charge is 0.494 e. The molecule has 0 bridgehead atoms. The summed E-state index contributed by atoms with van der Waals surface area (Å²) in [7, 11) is 0. The highest BCUT2D eigenvalue weighted by Crippen LogP contribution is 2.45. The number of nitrogens with one attached hydrogen (secondary N) is 1. The third-order valence-electron chi connectivity index (χ3n) is 7.34. The molecule has 2 atom stereocenters. The summed E-state index contributed by atoms with van der Waals surface area (Å²) in [4.78, 5) is 25.4. The Hall–Kier alpha value is -5.06. The van der Waals surface area contributed by atoms with Gasteiger partial charge in [0, 0.05) is 59.2 Å². The molecule has 1 amide bonds. The summed E-state index contributed by atoms with van der Waals surface area (Å²) in [5, 5.41) is 19.8. The summed E-state index contributed by atoms with van der Waals surface area (Å²) >= 11 is 0. The molecule has 0 aliphatic carbocycles. The number of aliphatic hydroxyl groups excluding tert-OH is 1. The van der Waals surface area contributed by atoms with E-state index in [-0.39, 0.29) is 37.5 Å². The molecule has 1 aliphatic heterocycles. The second-order valence-electron chi connectivity index (χ2n) is 10.9. The van der Waals surface area contributed by atoms with Crippen molar-refractivity contribution in [2.45, 2.75) is 57.4 Å². The Kier molecular flexibility index (Phi) is 12.4. The lowest BCUT2D eigenvalue weighted by atomic mass is 9.80. The van der Waals surface area contributed by atoms with Gasteiger partial charge in [-0.25, -0.2) is 4.99 Å². The van der Waals surface area contributed by atoms with Crippen molar-refractivity contribution >= 4 is 17.5 Å². The Balaban J connectivity index is 1.82. The molecule has 0 unspecified atom stereocenters. The number of carbonyl (C=O) groups excluding carboxylic acids is 1. The van der Waals surface area contributed by atoms with Crippen LogP contribution in [0, 0.1) is 0 Å². The number of rotatable bonds is 17. The SMILES string of the molecule is CC(C)OCCCNC(=O)[C@]1(Cc2ccccc2CN=[N+]=[N-])N=C(c2ccc(OCCCO)cc2)O[C@@H]1c1ccccc1N=[N+]=[N-]. The predicted octanol–water partition coefficient (Wildman–Crippen LogP) is 6.63. The average Bonchev–Trinajstić information content (AvgIpc) is 3.45. The minimum absolute atomic E-state index is 0.0301. The van der Waals surface area contributed by atoms with Gasteiger partial charge in [0.25, 0.3) is 5.91 Å². The Morgan fingerprint density at radius 1 is 1.02 bits per heavy atom. The van der Waals surface area contributed by atoms with Crippen LogP contribution < -0.4 is 10.1 Å². The Morgan fingerprint density at radius 2 is 1.76 bits per heavy atom. The molecule has 0 fully saturated rings. The van der Waals surface area contributed by atoms with Crippen molar-refractivity contribution in [3.63, 3.8) is 0 Å². The minimum Gasteiger partial charge on any atom is -0.494 e. The first-order valence-corrected chi connectivity index (χ1v) is 15.1. The van der Waals surface area contributed by atoms with E-state index >= 15 is 0 Å². The second-order valence-corrected chi connectivity index (χ2v) is 10.9. The summed E-state index contributed by atoms with van der Waals surface area (Å²) in [6, 6.07) is 21.5. The van der Waals surface area contributed by atoms with Gasteiger partial charge in [-0.05, 0) is 66.7 Å². The van der Waals surface area contributed by atoms with Crippen LogP contribution in [0.3, 0.4) is 0 Å². The molecule has 13 nitrogen and oxygen atoms in total. The van der Waals surface area contributed by atoms with E-state index in [9.17, 15) is 10.3 Å². The summed E-state index contributed by atoms with van der Waals surface area (Å²) in [5.41, 5.74) is 19.7. The first kappa shape index (κ1) is 33.8. The zero-order chi connectivity index (χ0) is 32.8. The highest BCUT2D eigenvalue weighted by atomic mass is 16.5. The summed E-state index contributed by atoms with van der Waals surface area (Å²) < 4.78 is 17.9. The van der Waals surface area contributed by atoms with E-state index in [1.165, 1.54) is 0 Å². The molecule has 46 heavy (non-hydrogen) atoms. The van der Waals surface area contributed by atoms with Gasteiger partial charge in [-0.3, -0.25) is 4.79 Å². The molecule has 0 radical (unpaired) electrons. The third-order valence-corrected chi connectivity index (χ3v) is 7.34. The summed E-state index contributed by atoms with van der Waals surface area (Å²) in [6.45, 7) is 5.20. The highest BCUT2D eigenvalue weighted by molar-refractivity contribution is 6.01. The molecular weight excluding hydrogens is 588 g/mol. The monoisotopic (exact) mass is 626 g/mol. The van der Waals surface area contributed by atoms with Gasteiger partial charge in [0.1, 0.15) is 5.75 Å². The molecule has 1 heterocycles. The molecule has 3 aromatic rings. The minimum atomic E-state index is -1.54. The number of aliphatic hydroxyl groups is 1. The number of azide groups is 2. The van der Waals surface area contributed by atoms with Gasteiger partial charge in [-0.15, -0.1) is 0 Å². The number of amides is 1. The van der Waals surface area contributed by atoms with E-state index in [4.69, 9.17) is 29.8 Å². The lowest BCUT2D eigenvalue weighted by Gasteiger charge is -2.32. The molecule has 0 spiro atoms. The van der Waals surface area contributed by atoms with Crippen LogP contribution in [0.4, 0.5) is 5.69 Å². The third kappa shape index (κ3) is 8.56. The quantitative estimate of drug-likeness (QED) is 0.0735. The van der Waals surface area contributed by atoms with Crippen molar-refractivity contribution in [2.24, 2.45) is 15.2 Å². The van der Waals surface area contributed by atoms with Crippen LogP contribution in [0.5, 0.6) is 5.75 Å². The molecule has 0 saturated heterocycles. The van der Waals surface area contributed by atoms with Crippen LogP contribution in [0.1, 0.15) is 55.0 Å². The van der Waals surface area contributed by atoms with Gasteiger partial charge in [0.15, 0.2) is 11.6 Å². The smallest absolute Gasteiger partial charge is 0.252 e. The number of benzene rings is 3. The van der Waals surface area contributed by atoms with Crippen LogP contribution in [0.15, 0.2) is 88.0 Å². The summed E-state index contributed by atoms with van der Waals surface area (Å²) in [5.74, 6) is 0.462. The van der Waals surface area contributed by atoms with Gasteiger partial charge in [-0.2, -0.15) is 0 Å². The topological polar surface area (TPSA) is 187 Å². The molecular formula is C33H38N8O5. The summed E-state index contributed by atoms with van der Waals surface area (Å²) in [6.07, 6.45) is 0.274. The van der Waals surface area contributed by atoms with Crippen molar-refractivity contribution in [1.82, 2.24) is 5.32 Å². The van der Waals surface area contributed by atoms with E-state index in [1.54, 1.807) is 48.5 Å². The normalized spacial score (nSPS) is 17.0. The van der Waals surface area contributed by atoms with E-state index in [0.717, 1.165) is 11.1 Å².